The second-order valence-electron chi connectivity index (χ2n) is 3.48. The predicted octanol–water partition coefficient (Wildman–Crippen LogP) is 3.47. The number of nitrogens with one attached hydrogen (secondary N) is 1. The van der Waals surface area contributed by atoms with E-state index in [2.05, 4.69) is 21.2 Å². The van der Waals surface area contributed by atoms with Gasteiger partial charge in [0.2, 0.25) is 0 Å². The summed E-state index contributed by atoms with van der Waals surface area (Å²) in [6, 6.07) is 1.78. The molecule has 1 N–H and O–H groups in total. The minimum absolute atomic E-state index is 0.196. The van der Waals surface area contributed by atoms with Crippen molar-refractivity contribution in [2.45, 2.75) is 19.4 Å². The summed E-state index contributed by atoms with van der Waals surface area (Å²) in [7, 11) is 0. The molecule has 0 aliphatic carbocycles. The highest BCUT2D eigenvalue weighted by Crippen LogP contribution is 2.19. The summed E-state index contributed by atoms with van der Waals surface area (Å²) >= 11 is 8.54. The third kappa shape index (κ3) is 3.64. The van der Waals surface area contributed by atoms with Crippen LogP contribution < -0.4 is 5.32 Å². The summed E-state index contributed by atoms with van der Waals surface area (Å²) in [6.45, 7) is 1.82. The van der Waals surface area contributed by atoms with E-state index >= 15 is 0 Å². The van der Waals surface area contributed by atoms with E-state index < -0.39 is 23.1 Å². The lowest BCUT2D eigenvalue weighted by molar-refractivity contribution is 0.0931. The number of carbonyl (C=O) groups excluding carboxylic acids is 1. The Labute approximate surface area is 111 Å². The Hall–Kier alpha value is -0.680. The zero-order chi connectivity index (χ0) is 13.0. The van der Waals surface area contributed by atoms with Crippen LogP contribution in [0.1, 0.15) is 23.7 Å². The Morgan fingerprint density at radius 3 is 2.41 bits per heavy atom. The van der Waals surface area contributed by atoms with Crippen LogP contribution in [0.5, 0.6) is 0 Å². The second-order valence-corrected chi connectivity index (χ2v) is 4.70. The van der Waals surface area contributed by atoms with E-state index in [0.717, 1.165) is 12.1 Å². The average molecular weight is 327 g/mol. The van der Waals surface area contributed by atoms with Gasteiger partial charge in [0.1, 0.15) is 17.2 Å². The molecule has 0 bridgehead atoms. The van der Waals surface area contributed by atoms with Crippen molar-refractivity contribution in [3.05, 3.63) is 33.8 Å². The van der Waals surface area contributed by atoms with E-state index in [4.69, 9.17) is 11.6 Å². The molecule has 1 rings (SSSR count). The van der Waals surface area contributed by atoms with Crippen molar-refractivity contribution in [3.8, 4) is 0 Å². The molecule has 1 aromatic carbocycles. The van der Waals surface area contributed by atoms with Crippen LogP contribution >= 0.6 is 27.5 Å². The molecular weight excluding hydrogens is 315 g/mol. The molecule has 17 heavy (non-hydrogen) atoms. The molecule has 0 heterocycles. The SMILES string of the molecule is CCC(CCl)NC(=O)c1c(F)cc(Br)cc1F. The molecule has 6 heteroatoms. The van der Waals surface area contributed by atoms with E-state index in [1.165, 1.54) is 0 Å². The van der Waals surface area contributed by atoms with Crippen LogP contribution in [0.25, 0.3) is 0 Å². The fourth-order valence-electron chi connectivity index (χ4n) is 1.27. The fraction of sp³-hybridized carbons (Fsp3) is 0.364. The van der Waals surface area contributed by atoms with Crippen molar-refractivity contribution >= 4 is 33.4 Å². The van der Waals surface area contributed by atoms with Crippen LogP contribution in [0.3, 0.4) is 0 Å². The minimum Gasteiger partial charge on any atom is -0.348 e. The number of halogens is 4. The van der Waals surface area contributed by atoms with Crippen molar-refractivity contribution < 1.29 is 13.6 Å². The van der Waals surface area contributed by atoms with Crippen LogP contribution in [0.15, 0.2) is 16.6 Å². The molecule has 0 aromatic heterocycles. The monoisotopic (exact) mass is 325 g/mol. The predicted molar refractivity (Wildman–Crippen MR) is 66.3 cm³/mol. The molecule has 0 fully saturated rings. The molecule has 94 valence electrons. The molecule has 0 radical (unpaired) electrons. The van der Waals surface area contributed by atoms with Gasteiger partial charge in [0.25, 0.3) is 5.91 Å². The van der Waals surface area contributed by atoms with Crippen molar-refractivity contribution in [1.29, 1.82) is 0 Å². The maximum absolute atomic E-state index is 13.5. The Bertz CT molecular complexity index is 401. The molecule has 0 saturated carbocycles. The van der Waals surface area contributed by atoms with Gasteiger partial charge in [-0.15, -0.1) is 11.6 Å². The van der Waals surface area contributed by atoms with Crippen LogP contribution in [0.4, 0.5) is 8.78 Å². The van der Waals surface area contributed by atoms with Gasteiger partial charge in [-0.1, -0.05) is 22.9 Å². The molecule has 1 atom stereocenters. The van der Waals surface area contributed by atoms with Gasteiger partial charge >= 0.3 is 0 Å². The zero-order valence-corrected chi connectivity index (χ0v) is 11.4. The van der Waals surface area contributed by atoms with Crippen LogP contribution in [-0.2, 0) is 0 Å². The number of carbonyl (C=O) groups is 1. The fourth-order valence-corrected chi connectivity index (χ4v) is 1.96. The molecular formula is C11H11BrClF2NO. The van der Waals surface area contributed by atoms with Crippen molar-refractivity contribution in [2.75, 3.05) is 5.88 Å². The number of hydrogen-bond donors (Lipinski definition) is 1. The van der Waals surface area contributed by atoms with Crippen molar-refractivity contribution in [1.82, 2.24) is 5.32 Å². The van der Waals surface area contributed by atoms with Gasteiger partial charge in [-0.05, 0) is 18.6 Å². The first-order valence-electron chi connectivity index (χ1n) is 5.01. The highest BCUT2D eigenvalue weighted by atomic mass is 79.9. The first kappa shape index (κ1) is 14.4. The highest BCUT2D eigenvalue weighted by Gasteiger charge is 2.20. The quantitative estimate of drug-likeness (QED) is 0.843. The molecule has 2 nitrogen and oxygen atoms in total. The van der Waals surface area contributed by atoms with Gasteiger partial charge in [-0.2, -0.15) is 0 Å². The molecule has 0 aliphatic rings. The van der Waals surface area contributed by atoms with Crippen molar-refractivity contribution in [2.24, 2.45) is 0 Å². The zero-order valence-electron chi connectivity index (χ0n) is 9.07. The third-order valence-electron chi connectivity index (χ3n) is 2.25. The lowest BCUT2D eigenvalue weighted by atomic mass is 10.1. The Morgan fingerprint density at radius 2 is 2.00 bits per heavy atom. The van der Waals surface area contributed by atoms with Crippen LogP contribution in [0.2, 0.25) is 0 Å². The van der Waals surface area contributed by atoms with E-state index in [0.29, 0.717) is 6.42 Å². The van der Waals surface area contributed by atoms with E-state index in [9.17, 15) is 13.6 Å². The van der Waals surface area contributed by atoms with Gasteiger partial charge in [0.15, 0.2) is 0 Å². The van der Waals surface area contributed by atoms with E-state index in [1.807, 2.05) is 6.92 Å². The first-order valence-corrected chi connectivity index (χ1v) is 6.33. The normalized spacial score (nSPS) is 12.3. The van der Waals surface area contributed by atoms with Gasteiger partial charge < -0.3 is 5.32 Å². The number of rotatable bonds is 4. The Kier molecular flexibility index (Phi) is 5.33. The van der Waals surface area contributed by atoms with E-state index in [1.54, 1.807) is 0 Å². The summed E-state index contributed by atoms with van der Waals surface area (Å²) in [5, 5.41) is 2.47. The number of alkyl halides is 1. The standard InChI is InChI=1S/C11H11BrClF2NO/c1-2-7(5-13)16-11(17)10-8(14)3-6(12)4-9(10)15/h3-4,7H,2,5H2,1H3,(H,16,17). The van der Waals surface area contributed by atoms with Crippen LogP contribution in [-0.4, -0.2) is 17.8 Å². The van der Waals surface area contributed by atoms with Gasteiger partial charge in [-0.25, -0.2) is 8.78 Å². The number of benzene rings is 1. The minimum atomic E-state index is -0.904. The topological polar surface area (TPSA) is 29.1 Å². The first-order chi connectivity index (χ1) is 7.99. The van der Waals surface area contributed by atoms with Crippen LogP contribution in [0, 0.1) is 11.6 Å². The molecule has 0 aliphatic heterocycles. The summed E-state index contributed by atoms with van der Waals surface area (Å²) in [5.74, 6) is -2.40. The van der Waals surface area contributed by atoms with Crippen molar-refractivity contribution in [3.63, 3.8) is 0 Å². The third-order valence-corrected chi connectivity index (χ3v) is 3.08. The second kappa shape index (κ2) is 6.31. The highest BCUT2D eigenvalue weighted by molar-refractivity contribution is 9.10. The number of amides is 1. The average Bonchev–Trinajstić information content (AvgIpc) is 2.24. The van der Waals surface area contributed by atoms with Gasteiger partial charge in [-0.3, -0.25) is 4.79 Å². The lowest BCUT2D eigenvalue weighted by Crippen LogP contribution is -2.36. The molecule has 0 saturated heterocycles. The molecule has 1 unspecified atom stereocenters. The summed E-state index contributed by atoms with van der Waals surface area (Å²) in [5.41, 5.74) is -0.586. The molecule has 1 aromatic rings. The summed E-state index contributed by atoms with van der Waals surface area (Å²) in [4.78, 5) is 11.7. The molecule has 1 amide bonds. The van der Waals surface area contributed by atoms with Gasteiger partial charge in [0.05, 0.1) is 0 Å². The maximum Gasteiger partial charge on any atom is 0.257 e. The Morgan fingerprint density at radius 1 is 1.47 bits per heavy atom. The molecule has 0 spiro atoms. The Balaban J connectivity index is 2.96. The smallest absolute Gasteiger partial charge is 0.257 e. The largest absolute Gasteiger partial charge is 0.348 e. The van der Waals surface area contributed by atoms with Gasteiger partial charge in [0, 0.05) is 16.4 Å². The van der Waals surface area contributed by atoms with E-state index in [-0.39, 0.29) is 16.4 Å². The lowest BCUT2D eigenvalue weighted by Gasteiger charge is -2.14. The maximum atomic E-state index is 13.5. The summed E-state index contributed by atoms with van der Waals surface area (Å²) in [6.07, 6.45) is 0.592. The summed E-state index contributed by atoms with van der Waals surface area (Å²) < 4.78 is 27.2. The number of hydrogen-bond acceptors (Lipinski definition) is 1.